The highest BCUT2D eigenvalue weighted by molar-refractivity contribution is 5.98. The molecule has 0 atom stereocenters. The molecule has 1 aliphatic heterocycles. The van der Waals surface area contributed by atoms with E-state index in [0.29, 0.717) is 31.0 Å². The molecule has 1 N–H and O–H groups in total. The van der Waals surface area contributed by atoms with E-state index in [4.69, 9.17) is 4.42 Å². The van der Waals surface area contributed by atoms with Gasteiger partial charge in [0.1, 0.15) is 11.5 Å². The van der Waals surface area contributed by atoms with Crippen LogP contribution in [0.4, 0.5) is 5.69 Å². The number of hydrogen-bond acceptors (Lipinski definition) is 5. The number of benzene rings is 1. The van der Waals surface area contributed by atoms with Gasteiger partial charge in [0.25, 0.3) is 11.8 Å². The number of para-hydroxylation sites is 1. The first-order valence-corrected chi connectivity index (χ1v) is 9.56. The van der Waals surface area contributed by atoms with Gasteiger partial charge < -0.3 is 19.5 Å². The van der Waals surface area contributed by atoms with E-state index in [1.54, 1.807) is 35.4 Å². The molecule has 7 heteroatoms. The van der Waals surface area contributed by atoms with Crippen LogP contribution >= 0.6 is 0 Å². The number of rotatable bonds is 5. The van der Waals surface area contributed by atoms with Gasteiger partial charge in [-0.1, -0.05) is 18.2 Å². The van der Waals surface area contributed by atoms with Crippen LogP contribution in [0.2, 0.25) is 0 Å². The van der Waals surface area contributed by atoms with Crippen LogP contribution in [0.3, 0.4) is 0 Å². The standard InChI is InChI=1S/C22H22N4O3/c27-21(24-16-19-7-4-14-29-19)17-8-9-23-20(15-17)22(28)26-12-10-25(11-13-26)18-5-2-1-3-6-18/h1-9,14-15H,10-13,16H2,(H,24,27). The molecular formula is C22H22N4O3. The molecule has 148 valence electrons. The molecule has 3 heterocycles. The second-order valence-electron chi connectivity index (χ2n) is 6.81. The minimum Gasteiger partial charge on any atom is -0.467 e. The number of aromatic nitrogens is 1. The number of furan rings is 1. The van der Waals surface area contributed by atoms with Crippen LogP contribution in [0, 0.1) is 0 Å². The summed E-state index contributed by atoms with van der Waals surface area (Å²) in [6, 6.07) is 16.9. The van der Waals surface area contributed by atoms with E-state index in [-0.39, 0.29) is 17.5 Å². The van der Waals surface area contributed by atoms with Gasteiger partial charge in [0.2, 0.25) is 0 Å². The van der Waals surface area contributed by atoms with Gasteiger partial charge in [-0.15, -0.1) is 0 Å². The molecule has 7 nitrogen and oxygen atoms in total. The fourth-order valence-electron chi connectivity index (χ4n) is 3.34. The molecule has 29 heavy (non-hydrogen) atoms. The lowest BCUT2D eigenvalue weighted by Gasteiger charge is -2.36. The van der Waals surface area contributed by atoms with Crippen LogP contribution in [0.15, 0.2) is 71.5 Å². The van der Waals surface area contributed by atoms with E-state index in [1.807, 2.05) is 18.2 Å². The first-order chi connectivity index (χ1) is 14.2. The first kappa shape index (κ1) is 18.7. The molecule has 1 fully saturated rings. The van der Waals surface area contributed by atoms with Crippen molar-refractivity contribution in [3.05, 3.63) is 84.1 Å². The zero-order chi connectivity index (χ0) is 20.1. The SMILES string of the molecule is O=C(NCc1ccco1)c1ccnc(C(=O)N2CCN(c3ccccc3)CC2)c1. The zero-order valence-electron chi connectivity index (χ0n) is 16.0. The van der Waals surface area contributed by atoms with Gasteiger partial charge in [-0.25, -0.2) is 0 Å². The normalized spacial score (nSPS) is 13.9. The van der Waals surface area contributed by atoms with Gasteiger partial charge in [-0.3, -0.25) is 14.6 Å². The Morgan fingerprint density at radius 1 is 1.00 bits per heavy atom. The molecule has 4 rings (SSSR count). The number of anilines is 1. The van der Waals surface area contributed by atoms with E-state index in [0.717, 1.165) is 18.8 Å². The van der Waals surface area contributed by atoms with Crippen molar-refractivity contribution in [3.8, 4) is 0 Å². The molecule has 1 aromatic carbocycles. The summed E-state index contributed by atoms with van der Waals surface area (Å²) in [6.45, 7) is 3.05. The van der Waals surface area contributed by atoms with Gasteiger partial charge >= 0.3 is 0 Å². The topological polar surface area (TPSA) is 78.7 Å². The van der Waals surface area contributed by atoms with E-state index < -0.39 is 0 Å². The average molecular weight is 390 g/mol. The average Bonchev–Trinajstić information content (AvgIpc) is 3.31. The number of piperazine rings is 1. The van der Waals surface area contributed by atoms with E-state index in [1.165, 1.54) is 6.20 Å². The monoisotopic (exact) mass is 390 g/mol. The van der Waals surface area contributed by atoms with Crippen LogP contribution in [-0.2, 0) is 6.54 Å². The molecule has 0 aliphatic carbocycles. The molecule has 3 aromatic rings. The second kappa shape index (κ2) is 8.60. The highest BCUT2D eigenvalue weighted by Crippen LogP contribution is 2.16. The summed E-state index contributed by atoms with van der Waals surface area (Å²) < 4.78 is 5.21. The molecular weight excluding hydrogens is 368 g/mol. The Morgan fingerprint density at radius 3 is 2.52 bits per heavy atom. The number of amides is 2. The number of nitrogens with zero attached hydrogens (tertiary/aromatic N) is 3. The van der Waals surface area contributed by atoms with Crippen molar-refractivity contribution in [2.75, 3.05) is 31.1 Å². The van der Waals surface area contributed by atoms with Crippen LogP contribution in [0.25, 0.3) is 0 Å². The Kier molecular flexibility index (Phi) is 5.56. The Bertz CT molecular complexity index is 965. The van der Waals surface area contributed by atoms with Gasteiger partial charge in [-0.2, -0.15) is 0 Å². The molecule has 0 unspecified atom stereocenters. The lowest BCUT2D eigenvalue weighted by atomic mass is 10.2. The maximum absolute atomic E-state index is 12.9. The zero-order valence-corrected chi connectivity index (χ0v) is 16.0. The Labute approximate surface area is 169 Å². The quantitative estimate of drug-likeness (QED) is 0.724. The van der Waals surface area contributed by atoms with Crippen LogP contribution in [0.1, 0.15) is 26.6 Å². The highest BCUT2D eigenvalue weighted by Gasteiger charge is 2.23. The van der Waals surface area contributed by atoms with Crippen molar-refractivity contribution in [1.82, 2.24) is 15.2 Å². The third-order valence-corrected chi connectivity index (χ3v) is 4.93. The maximum atomic E-state index is 12.9. The van der Waals surface area contributed by atoms with Gasteiger partial charge in [0.15, 0.2) is 0 Å². The van der Waals surface area contributed by atoms with Crippen molar-refractivity contribution >= 4 is 17.5 Å². The van der Waals surface area contributed by atoms with Gasteiger partial charge in [-0.05, 0) is 36.4 Å². The molecule has 2 amide bonds. The molecule has 2 aromatic heterocycles. The number of hydrogen-bond donors (Lipinski definition) is 1. The smallest absolute Gasteiger partial charge is 0.272 e. The predicted octanol–water partition coefficient (Wildman–Crippen LogP) is 2.57. The summed E-state index contributed by atoms with van der Waals surface area (Å²) in [5.74, 6) is 0.241. The summed E-state index contributed by atoms with van der Waals surface area (Å²) in [5.41, 5.74) is 1.84. The van der Waals surface area contributed by atoms with E-state index in [9.17, 15) is 9.59 Å². The van der Waals surface area contributed by atoms with E-state index >= 15 is 0 Å². The number of carbonyl (C=O) groups excluding carboxylic acids is 2. The number of carbonyl (C=O) groups is 2. The summed E-state index contributed by atoms with van der Waals surface area (Å²) in [4.78, 5) is 33.5. The van der Waals surface area contributed by atoms with Crippen molar-refractivity contribution in [2.24, 2.45) is 0 Å². The predicted molar refractivity (Wildman–Crippen MR) is 109 cm³/mol. The summed E-state index contributed by atoms with van der Waals surface area (Å²) in [7, 11) is 0. The second-order valence-corrected chi connectivity index (χ2v) is 6.81. The third kappa shape index (κ3) is 4.45. The minimum absolute atomic E-state index is 0.154. The highest BCUT2D eigenvalue weighted by atomic mass is 16.3. The Hall–Kier alpha value is -3.61. The van der Waals surface area contributed by atoms with Crippen LogP contribution < -0.4 is 10.2 Å². The lowest BCUT2D eigenvalue weighted by Crippen LogP contribution is -2.49. The molecule has 1 aliphatic rings. The fourth-order valence-corrected chi connectivity index (χ4v) is 3.34. The largest absolute Gasteiger partial charge is 0.467 e. The first-order valence-electron chi connectivity index (χ1n) is 9.56. The Balaban J connectivity index is 1.36. The third-order valence-electron chi connectivity index (χ3n) is 4.93. The maximum Gasteiger partial charge on any atom is 0.272 e. The van der Waals surface area contributed by atoms with Crippen molar-refractivity contribution in [1.29, 1.82) is 0 Å². The molecule has 0 saturated carbocycles. The molecule has 0 bridgehead atoms. The molecule has 0 radical (unpaired) electrons. The molecule has 1 saturated heterocycles. The van der Waals surface area contributed by atoms with Gasteiger partial charge in [0, 0.05) is 43.6 Å². The van der Waals surface area contributed by atoms with Crippen molar-refractivity contribution in [3.63, 3.8) is 0 Å². The van der Waals surface area contributed by atoms with Crippen LogP contribution in [-0.4, -0.2) is 47.9 Å². The fraction of sp³-hybridized carbons (Fsp3) is 0.227. The molecule has 0 spiro atoms. The number of nitrogens with one attached hydrogen (secondary N) is 1. The number of pyridine rings is 1. The Morgan fingerprint density at radius 2 is 1.79 bits per heavy atom. The van der Waals surface area contributed by atoms with E-state index in [2.05, 4.69) is 27.3 Å². The summed E-state index contributed by atoms with van der Waals surface area (Å²) >= 11 is 0. The summed E-state index contributed by atoms with van der Waals surface area (Å²) in [5, 5.41) is 2.78. The lowest BCUT2D eigenvalue weighted by molar-refractivity contribution is 0.0741. The van der Waals surface area contributed by atoms with Gasteiger partial charge in [0.05, 0.1) is 12.8 Å². The van der Waals surface area contributed by atoms with Crippen molar-refractivity contribution < 1.29 is 14.0 Å². The minimum atomic E-state index is -0.272. The van der Waals surface area contributed by atoms with Crippen molar-refractivity contribution in [2.45, 2.75) is 6.54 Å². The summed E-state index contributed by atoms with van der Waals surface area (Å²) in [6.07, 6.45) is 3.05. The van der Waals surface area contributed by atoms with Crippen LogP contribution in [0.5, 0.6) is 0 Å².